The Morgan fingerprint density at radius 3 is 2.65 bits per heavy atom. The van der Waals surface area contributed by atoms with Gasteiger partial charge in [0, 0.05) is 25.9 Å². The average molecular weight is 368 g/mol. The van der Waals surface area contributed by atoms with Gasteiger partial charge < -0.3 is 18.8 Å². The summed E-state index contributed by atoms with van der Waals surface area (Å²) in [7, 11) is 1.52. The number of rotatable bonds is 9. The van der Waals surface area contributed by atoms with Crippen molar-refractivity contribution < 1.29 is 19.0 Å². The van der Waals surface area contributed by atoms with Crippen molar-refractivity contribution >= 4 is 5.97 Å². The molecule has 1 atom stereocenters. The number of nitrogens with one attached hydrogen (secondary N) is 1. The van der Waals surface area contributed by atoms with Gasteiger partial charge in [-0.1, -0.05) is 12.8 Å². The first kappa shape index (κ1) is 20.4. The molecule has 0 aromatic carbocycles. The molecule has 0 spiro atoms. The van der Waals surface area contributed by atoms with Crippen molar-refractivity contribution in [2.75, 3.05) is 13.7 Å². The van der Waals surface area contributed by atoms with Gasteiger partial charge in [0.05, 0.1) is 12.2 Å². The Morgan fingerprint density at radius 1 is 1.35 bits per heavy atom. The van der Waals surface area contributed by atoms with Crippen molar-refractivity contribution in [2.45, 2.75) is 70.3 Å². The van der Waals surface area contributed by atoms with E-state index in [2.05, 4.69) is 4.98 Å². The van der Waals surface area contributed by atoms with Gasteiger partial charge in [0.15, 0.2) is 5.60 Å². The molecule has 0 amide bonds. The number of ether oxygens (including phenoxy) is 3. The molecule has 0 radical (unpaired) electrons. The monoisotopic (exact) mass is 368 g/mol. The van der Waals surface area contributed by atoms with Gasteiger partial charge in [-0.15, -0.1) is 0 Å². The summed E-state index contributed by atoms with van der Waals surface area (Å²) in [6.45, 7) is 3.85. The minimum absolute atomic E-state index is 0.0743. The predicted octanol–water partition coefficient (Wildman–Crippen LogP) is 1.22. The van der Waals surface area contributed by atoms with Crippen LogP contribution in [-0.2, 0) is 25.5 Å². The third-order valence-corrected chi connectivity index (χ3v) is 4.58. The van der Waals surface area contributed by atoms with Crippen LogP contribution < -0.4 is 11.2 Å². The molecular weight excluding hydrogens is 340 g/mol. The Kier molecular flexibility index (Phi) is 7.16. The summed E-state index contributed by atoms with van der Waals surface area (Å²) in [5.74, 6) is -0.423. The number of carbonyl (C=O) groups is 1. The van der Waals surface area contributed by atoms with E-state index in [9.17, 15) is 14.4 Å². The van der Waals surface area contributed by atoms with E-state index in [0.717, 1.165) is 25.7 Å². The van der Waals surface area contributed by atoms with E-state index in [4.69, 9.17) is 14.2 Å². The number of H-pyrrole nitrogens is 1. The Bertz CT molecular complexity index is 702. The van der Waals surface area contributed by atoms with E-state index in [1.165, 1.54) is 23.9 Å². The topological polar surface area (TPSA) is 99.6 Å². The third kappa shape index (κ3) is 5.81. The lowest BCUT2D eigenvalue weighted by molar-refractivity contribution is -0.177. The molecule has 1 aromatic heterocycles. The minimum Gasteiger partial charge on any atom is -0.461 e. The Hall–Kier alpha value is -1.93. The highest BCUT2D eigenvalue weighted by molar-refractivity contribution is 5.78. The Labute approximate surface area is 152 Å². The van der Waals surface area contributed by atoms with Gasteiger partial charge in [0.2, 0.25) is 0 Å². The molecule has 1 heterocycles. The summed E-state index contributed by atoms with van der Waals surface area (Å²) in [4.78, 5) is 37.3. The van der Waals surface area contributed by atoms with Crippen LogP contribution in [0.3, 0.4) is 0 Å². The van der Waals surface area contributed by atoms with E-state index in [0.29, 0.717) is 13.0 Å². The van der Waals surface area contributed by atoms with Crippen molar-refractivity contribution in [3.8, 4) is 0 Å². The molecule has 1 unspecified atom stereocenters. The zero-order chi connectivity index (χ0) is 19.2. The second kappa shape index (κ2) is 9.14. The number of nitrogens with zero attached hydrogens (tertiary/aromatic N) is 1. The highest BCUT2D eigenvalue weighted by Gasteiger charge is 2.34. The van der Waals surface area contributed by atoms with Crippen molar-refractivity contribution in [3.05, 3.63) is 33.1 Å². The van der Waals surface area contributed by atoms with Gasteiger partial charge in [0.1, 0.15) is 6.61 Å². The van der Waals surface area contributed by atoms with Crippen LogP contribution in [0.4, 0.5) is 0 Å². The largest absolute Gasteiger partial charge is 0.461 e. The number of aryl methyl sites for hydroxylation is 1. The van der Waals surface area contributed by atoms with Gasteiger partial charge in [-0.2, -0.15) is 0 Å². The maximum Gasteiger partial charge on any atom is 0.337 e. The number of carbonyl (C=O) groups excluding carboxylic acids is 1. The van der Waals surface area contributed by atoms with Gasteiger partial charge in [-0.3, -0.25) is 9.78 Å². The van der Waals surface area contributed by atoms with Crippen molar-refractivity contribution in [1.29, 1.82) is 0 Å². The van der Waals surface area contributed by atoms with Crippen LogP contribution in [0, 0.1) is 0 Å². The summed E-state index contributed by atoms with van der Waals surface area (Å²) in [6.07, 6.45) is 5.86. The molecule has 8 nitrogen and oxygen atoms in total. The summed E-state index contributed by atoms with van der Waals surface area (Å²) < 4.78 is 18.0. The lowest BCUT2D eigenvalue weighted by Crippen LogP contribution is -2.41. The van der Waals surface area contributed by atoms with E-state index >= 15 is 0 Å². The smallest absolute Gasteiger partial charge is 0.337 e. The summed E-state index contributed by atoms with van der Waals surface area (Å²) >= 11 is 0. The minimum atomic E-state index is -0.997. The Morgan fingerprint density at radius 2 is 2.04 bits per heavy atom. The summed E-state index contributed by atoms with van der Waals surface area (Å²) in [6, 6.07) is 1.28. The number of aromatic nitrogens is 2. The fourth-order valence-corrected chi connectivity index (χ4v) is 2.99. The van der Waals surface area contributed by atoms with Gasteiger partial charge in [-0.25, -0.2) is 9.59 Å². The van der Waals surface area contributed by atoms with Crippen LogP contribution in [-0.4, -0.2) is 47.0 Å². The fraction of sp³-hybridized carbons (Fsp3) is 0.722. The third-order valence-electron chi connectivity index (χ3n) is 4.58. The zero-order valence-electron chi connectivity index (χ0n) is 15.7. The van der Waals surface area contributed by atoms with Crippen LogP contribution in [0.5, 0.6) is 0 Å². The van der Waals surface area contributed by atoms with E-state index in [-0.39, 0.29) is 18.8 Å². The molecule has 2 rings (SSSR count). The van der Waals surface area contributed by atoms with Gasteiger partial charge >= 0.3 is 11.7 Å². The van der Waals surface area contributed by atoms with Crippen LogP contribution in [0.15, 0.2) is 21.9 Å². The number of hydrogen-bond donors (Lipinski definition) is 1. The van der Waals surface area contributed by atoms with E-state index in [1.54, 1.807) is 13.8 Å². The van der Waals surface area contributed by atoms with Crippen molar-refractivity contribution in [2.24, 2.45) is 0 Å². The summed E-state index contributed by atoms with van der Waals surface area (Å²) in [5, 5.41) is 0. The second-order valence-corrected chi connectivity index (χ2v) is 7.08. The van der Waals surface area contributed by atoms with Gasteiger partial charge in [0.25, 0.3) is 5.56 Å². The Balaban J connectivity index is 1.82. The molecule has 26 heavy (non-hydrogen) atoms. The van der Waals surface area contributed by atoms with Crippen LogP contribution in [0.1, 0.15) is 46.0 Å². The standard InChI is InChI=1S/C18H28N2O6/c1-18(2,26-13-6-4-5-7-13)16(22)25-12-14(24-3)8-10-20-11-9-15(21)19-17(20)23/h9,11,13-14H,4-8,10,12H2,1-3H3,(H,19,21,23). The molecule has 1 fully saturated rings. The normalized spacial score (nSPS) is 16.6. The molecule has 1 aliphatic rings. The van der Waals surface area contributed by atoms with Crippen LogP contribution in [0.25, 0.3) is 0 Å². The van der Waals surface area contributed by atoms with E-state index in [1.807, 2.05) is 0 Å². The van der Waals surface area contributed by atoms with E-state index < -0.39 is 22.8 Å². The number of methoxy groups -OCH3 is 1. The molecule has 1 N–H and O–H groups in total. The highest BCUT2D eigenvalue weighted by atomic mass is 16.6. The molecule has 1 saturated carbocycles. The lowest BCUT2D eigenvalue weighted by Gasteiger charge is -2.27. The first-order valence-electron chi connectivity index (χ1n) is 8.99. The van der Waals surface area contributed by atoms with Crippen molar-refractivity contribution in [1.82, 2.24) is 9.55 Å². The SMILES string of the molecule is COC(CCn1ccc(=O)[nH]c1=O)COC(=O)C(C)(C)OC1CCCC1. The number of esters is 1. The number of aromatic amines is 1. The van der Waals surface area contributed by atoms with Crippen LogP contribution in [0.2, 0.25) is 0 Å². The second-order valence-electron chi connectivity index (χ2n) is 7.08. The molecule has 1 aromatic rings. The number of hydrogen-bond acceptors (Lipinski definition) is 6. The quantitative estimate of drug-likeness (QED) is 0.658. The molecule has 8 heteroatoms. The maximum atomic E-state index is 12.3. The van der Waals surface area contributed by atoms with Gasteiger partial charge in [-0.05, 0) is 33.1 Å². The maximum absolute atomic E-state index is 12.3. The van der Waals surface area contributed by atoms with Crippen LogP contribution >= 0.6 is 0 Å². The first-order valence-corrected chi connectivity index (χ1v) is 8.99. The zero-order valence-corrected chi connectivity index (χ0v) is 15.7. The molecule has 1 aliphatic carbocycles. The first-order chi connectivity index (χ1) is 12.3. The molecule has 0 aliphatic heterocycles. The highest BCUT2D eigenvalue weighted by Crippen LogP contribution is 2.26. The van der Waals surface area contributed by atoms with Crippen molar-refractivity contribution in [3.63, 3.8) is 0 Å². The summed E-state index contributed by atoms with van der Waals surface area (Å²) in [5.41, 5.74) is -1.91. The molecular formula is C18H28N2O6. The fourth-order valence-electron chi connectivity index (χ4n) is 2.99. The average Bonchev–Trinajstić information content (AvgIpc) is 3.08. The molecule has 146 valence electrons. The molecule has 0 saturated heterocycles. The predicted molar refractivity (Wildman–Crippen MR) is 95.1 cm³/mol. The lowest BCUT2D eigenvalue weighted by atomic mass is 10.1. The molecule has 0 bridgehead atoms.